The number of hydrogen-bond donors (Lipinski definition) is 2. The fourth-order valence-corrected chi connectivity index (χ4v) is 3.39. The average Bonchev–Trinajstić information content (AvgIpc) is 2.67. The summed E-state index contributed by atoms with van der Waals surface area (Å²) in [6, 6.07) is 10.8. The second-order valence-electron chi connectivity index (χ2n) is 6.24. The van der Waals surface area contributed by atoms with Crippen molar-refractivity contribution in [3.8, 4) is 11.5 Å². The van der Waals surface area contributed by atoms with Gasteiger partial charge in [0.05, 0.1) is 19.1 Å². The molecule has 0 aliphatic rings. The third kappa shape index (κ3) is 4.93. The first-order chi connectivity index (χ1) is 13.2. The monoisotopic (exact) mass is 407 g/mol. The highest BCUT2D eigenvalue weighted by Crippen LogP contribution is 2.30. The molecule has 0 unspecified atom stereocenters. The van der Waals surface area contributed by atoms with Crippen LogP contribution in [0.4, 0.5) is 11.4 Å². The molecule has 0 heterocycles. The van der Waals surface area contributed by atoms with Gasteiger partial charge in [-0.3, -0.25) is 4.79 Å². The minimum atomic E-state index is -3.58. The Bertz CT molecular complexity index is 944. The fourth-order valence-electron chi connectivity index (χ4n) is 2.44. The van der Waals surface area contributed by atoms with Gasteiger partial charge in [-0.15, -0.1) is 0 Å². The summed E-state index contributed by atoms with van der Waals surface area (Å²) >= 11 is 0. The Labute approximate surface area is 165 Å². The first kappa shape index (κ1) is 21.5. The molecule has 1 atom stereocenters. The van der Waals surface area contributed by atoms with Gasteiger partial charge in [0.25, 0.3) is 0 Å². The minimum Gasteiger partial charge on any atom is -0.493 e. The molecule has 0 fully saturated rings. The summed E-state index contributed by atoms with van der Waals surface area (Å²) in [5.41, 5.74) is 1.08. The van der Waals surface area contributed by atoms with Gasteiger partial charge >= 0.3 is 0 Å². The van der Waals surface area contributed by atoms with Crippen LogP contribution >= 0.6 is 0 Å². The van der Waals surface area contributed by atoms with E-state index in [-0.39, 0.29) is 10.8 Å². The third-order valence-corrected chi connectivity index (χ3v) is 5.85. The number of rotatable bonds is 8. The summed E-state index contributed by atoms with van der Waals surface area (Å²) in [4.78, 5) is 12.6. The molecule has 28 heavy (non-hydrogen) atoms. The molecule has 0 saturated heterocycles. The van der Waals surface area contributed by atoms with Gasteiger partial charge in [-0.1, -0.05) is 6.07 Å². The summed E-state index contributed by atoms with van der Waals surface area (Å²) in [6.45, 7) is 1.70. The van der Waals surface area contributed by atoms with Crippen molar-refractivity contribution >= 4 is 27.3 Å². The number of sulfonamides is 1. The molecule has 2 rings (SSSR count). The Morgan fingerprint density at radius 2 is 1.68 bits per heavy atom. The number of methoxy groups -OCH3 is 2. The second kappa shape index (κ2) is 8.94. The van der Waals surface area contributed by atoms with E-state index in [0.29, 0.717) is 22.9 Å². The van der Waals surface area contributed by atoms with Crippen molar-refractivity contribution < 1.29 is 22.7 Å². The Morgan fingerprint density at radius 3 is 2.29 bits per heavy atom. The van der Waals surface area contributed by atoms with E-state index in [0.717, 1.165) is 4.31 Å². The van der Waals surface area contributed by atoms with Crippen LogP contribution in [0.2, 0.25) is 0 Å². The molecule has 0 spiro atoms. The molecule has 0 bridgehead atoms. The van der Waals surface area contributed by atoms with Crippen LogP contribution < -0.4 is 20.1 Å². The molecule has 8 nitrogen and oxygen atoms in total. The van der Waals surface area contributed by atoms with E-state index in [1.165, 1.54) is 33.3 Å². The lowest BCUT2D eigenvalue weighted by atomic mass is 10.2. The molecule has 2 aromatic rings. The SMILES string of the molecule is COc1ccc(N[C@@H](C)C(=O)Nc2cccc(S(=O)(=O)N(C)C)c2)cc1OC. The number of hydrogen-bond acceptors (Lipinski definition) is 6. The van der Waals surface area contributed by atoms with Crippen molar-refractivity contribution in [1.29, 1.82) is 0 Å². The number of amides is 1. The molecule has 0 aromatic heterocycles. The zero-order valence-corrected chi connectivity index (χ0v) is 17.3. The predicted octanol–water partition coefficient (Wildman–Crippen LogP) is 2.39. The van der Waals surface area contributed by atoms with E-state index in [1.807, 2.05) is 0 Å². The summed E-state index contributed by atoms with van der Waals surface area (Å²) in [7, 11) is 2.41. The van der Waals surface area contributed by atoms with Crippen LogP contribution in [0.25, 0.3) is 0 Å². The van der Waals surface area contributed by atoms with E-state index in [4.69, 9.17) is 9.47 Å². The van der Waals surface area contributed by atoms with Crippen molar-refractivity contribution in [3.63, 3.8) is 0 Å². The highest BCUT2D eigenvalue weighted by atomic mass is 32.2. The van der Waals surface area contributed by atoms with Crippen molar-refractivity contribution in [2.75, 3.05) is 38.9 Å². The molecule has 1 amide bonds. The summed E-state index contributed by atoms with van der Waals surface area (Å²) in [5.74, 6) is 0.819. The maximum absolute atomic E-state index is 12.5. The van der Waals surface area contributed by atoms with Gasteiger partial charge in [0.1, 0.15) is 6.04 Å². The number of carbonyl (C=O) groups excluding carboxylic acids is 1. The number of ether oxygens (including phenoxy) is 2. The Morgan fingerprint density at radius 1 is 1.00 bits per heavy atom. The first-order valence-corrected chi connectivity index (χ1v) is 9.95. The van der Waals surface area contributed by atoms with Crippen LogP contribution in [0, 0.1) is 0 Å². The standard InChI is InChI=1S/C19H25N3O5S/c1-13(20-15-9-10-17(26-4)18(12-15)27-5)19(23)21-14-7-6-8-16(11-14)28(24,25)22(2)3/h6-13,20H,1-5H3,(H,21,23)/t13-/m0/s1. The van der Waals surface area contributed by atoms with Crippen molar-refractivity contribution in [3.05, 3.63) is 42.5 Å². The second-order valence-corrected chi connectivity index (χ2v) is 8.39. The van der Waals surface area contributed by atoms with E-state index in [9.17, 15) is 13.2 Å². The van der Waals surface area contributed by atoms with Crippen LogP contribution in [0.15, 0.2) is 47.4 Å². The fraction of sp³-hybridized carbons (Fsp3) is 0.316. The van der Waals surface area contributed by atoms with Crippen LogP contribution in [0.3, 0.4) is 0 Å². The van der Waals surface area contributed by atoms with Crippen molar-refractivity contribution in [1.82, 2.24) is 4.31 Å². The molecule has 2 aromatic carbocycles. The van der Waals surface area contributed by atoms with Gasteiger partial charge in [-0.25, -0.2) is 12.7 Å². The zero-order valence-electron chi connectivity index (χ0n) is 16.5. The smallest absolute Gasteiger partial charge is 0.246 e. The lowest BCUT2D eigenvalue weighted by Crippen LogP contribution is -2.32. The molecular formula is C19H25N3O5S. The van der Waals surface area contributed by atoms with E-state index in [1.54, 1.807) is 44.4 Å². The van der Waals surface area contributed by atoms with Gasteiger partial charge in [-0.05, 0) is 37.3 Å². The molecule has 0 radical (unpaired) electrons. The van der Waals surface area contributed by atoms with Crippen molar-refractivity contribution in [2.45, 2.75) is 17.9 Å². The zero-order chi connectivity index (χ0) is 20.9. The molecule has 2 N–H and O–H groups in total. The van der Waals surface area contributed by atoms with Gasteiger partial charge in [0.2, 0.25) is 15.9 Å². The molecule has 9 heteroatoms. The van der Waals surface area contributed by atoms with Gasteiger partial charge in [-0.2, -0.15) is 0 Å². The molecule has 152 valence electrons. The van der Waals surface area contributed by atoms with Crippen LogP contribution in [-0.4, -0.2) is 53.0 Å². The topological polar surface area (TPSA) is 97.0 Å². The van der Waals surface area contributed by atoms with Gasteiger partial charge in [0.15, 0.2) is 11.5 Å². The average molecular weight is 407 g/mol. The third-order valence-electron chi connectivity index (χ3n) is 4.04. The van der Waals surface area contributed by atoms with Crippen LogP contribution in [-0.2, 0) is 14.8 Å². The number of nitrogens with one attached hydrogen (secondary N) is 2. The predicted molar refractivity (Wildman–Crippen MR) is 109 cm³/mol. The quantitative estimate of drug-likeness (QED) is 0.697. The molecular weight excluding hydrogens is 382 g/mol. The number of carbonyl (C=O) groups is 1. The van der Waals surface area contributed by atoms with E-state index < -0.39 is 16.1 Å². The Kier molecular flexibility index (Phi) is 6.87. The van der Waals surface area contributed by atoms with E-state index >= 15 is 0 Å². The number of benzene rings is 2. The highest BCUT2D eigenvalue weighted by molar-refractivity contribution is 7.89. The summed E-state index contributed by atoms with van der Waals surface area (Å²) in [6.07, 6.45) is 0. The van der Waals surface area contributed by atoms with E-state index in [2.05, 4.69) is 10.6 Å². The normalized spacial score (nSPS) is 12.4. The summed E-state index contributed by atoms with van der Waals surface area (Å²) < 4.78 is 36.0. The number of nitrogens with zero attached hydrogens (tertiary/aromatic N) is 1. The largest absolute Gasteiger partial charge is 0.493 e. The molecule has 0 aliphatic carbocycles. The van der Waals surface area contributed by atoms with Crippen LogP contribution in [0.5, 0.6) is 11.5 Å². The maximum atomic E-state index is 12.5. The highest BCUT2D eigenvalue weighted by Gasteiger charge is 2.19. The summed E-state index contributed by atoms with van der Waals surface area (Å²) in [5, 5.41) is 5.80. The van der Waals surface area contributed by atoms with Crippen molar-refractivity contribution in [2.24, 2.45) is 0 Å². The lowest BCUT2D eigenvalue weighted by molar-refractivity contribution is -0.116. The first-order valence-electron chi connectivity index (χ1n) is 8.51. The van der Waals surface area contributed by atoms with Gasteiger partial charge < -0.3 is 20.1 Å². The minimum absolute atomic E-state index is 0.107. The van der Waals surface area contributed by atoms with Crippen LogP contribution in [0.1, 0.15) is 6.92 Å². The maximum Gasteiger partial charge on any atom is 0.246 e. The number of anilines is 2. The Balaban J connectivity index is 2.11. The molecule has 0 aliphatic heterocycles. The molecule has 0 saturated carbocycles. The Hall–Kier alpha value is -2.78. The van der Waals surface area contributed by atoms with Gasteiger partial charge in [0, 0.05) is 31.5 Å². The lowest BCUT2D eigenvalue weighted by Gasteiger charge is -2.17.